The molecule has 0 aromatic carbocycles. The molecule has 0 spiro atoms. The molecule has 0 radical (unpaired) electrons. The summed E-state index contributed by atoms with van der Waals surface area (Å²) in [6.45, 7) is 0. The molecule has 2 aliphatic rings. The van der Waals surface area contributed by atoms with Crippen molar-refractivity contribution in [1.82, 2.24) is 0 Å². The van der Waals surface area contributed by atoms with Gasteiger partial charge < -0.3 is 0 Å². The van der Waals surface area contributed by atoms with Gasteiger partial charge in [-0.1, -0.05) is 11.5 Å². The standard InChI is InChI=1S/C8H13N3S/c9-11-10-6-4-7-2-1-3-8(5-6)12-7/h6-8H,1-5H2. The molecule has 2 aliphatic heterocycles. The Morgan fingerprint density at radius 2 is 1.92 bits per heavy atom. The van der Waals surface area contributed by atoms with E-state index in [2.05, 4.69) is 21.8 Å². The molecule has 0 aromatic rings. The molecule has 0 amide bonds. The van der Waals surface area contributed by atoms with E-state index in [4.69, 9.17) is 5.53 Å². The number of nitrogens with zero attached hydrogens (tertiary/aromatic N) is 3. The maximum atomic E-state index is 8.33. The maximum Gasteiger partial charge on any atom is 0.0395 e. The molecule has 2 unspecified atom stereocenters. The summed E-state index contributed by atoms with van der Waals surface area (Å²) in [7, 11) is 0. The van der Waals surface area contributed by atoms with E-state index in [0.29, 0.717) is 6.04 Å². The first kappa shape index (κ1) is 8.27. The number of fused-ring (bicyclic) bond motifs is 2. The third kappa shape index (κ3) is 1.70. The zero-order valence-corrected chi connectivity index (χ0v) is 7.83. The highest BCUT2D eigenvalue weighted by molar-refractivity contribution is 8.00. The zero-order valence-electron chi connectivity index (χ0n) is 7.02. The van der Waals surface area contributed by atoms with Crippen LogP contribution in [0.1, 0.15) is 32.1 Å². The molecule has 2 atom stereocenters. The summed E-state index contributed by atoms with van der Waals surface area (Å²) in [5.41, 5.74) is 8.33. The van der Waals surface area contributed by atoms with Crippen molar-refractivity contribution in [3.8, 4) is 0 Å². The van der Waals surface area contributed by atoms with E-state index in [9.17, 15) is 0 Å². The highest BCUT2D eigenvalue weighted by Crippen LogP contribution is 2.42. The Morgan fingerprint density at radius 1 is 1.25 bits per heavy atom. The fraction of sp³-hybridized carbons (Fsp3) is 1.00. The van der Waals surface area contributed by atoms with Crippen LogP contribution in [0, 0.1) is 0 Å². The molecule has 0 saturated carbocycles. The molecule has 2 bridgehead atoms. The summed E-state index contributed by atoms with van der Waals surface area (Å²) in [4.78, 5) is 2.90. The van der Waals surface area contributed by atoms with E-state index in [1.54, 1.807) is 0 Å². The Labute approximate surface area is 76.5 Å². The Hall–Kier alpha value is -0.340. The second-order valence-corrected chi connectivity index (χ2v) is 5.25. The topological polar surface area (TPSA) is 48.8 Å². The highest BCUT2D eigenvalue weighted by Gasteiger charge is 2.31. The quantitative estimate of drug-likeness (QED) is 0.350. The molecular weight excluding hydrogens is 170 g/mol. The highest BCUT2D eigenvalue weighted by atomic mass is 32.2. The van der Waals surface area contributed by atoms with Gasteiger partial charge in [0.1, 0.15) is 0 Å². The first-order valence-corrected chi connectivity index (χ1v) is 5.52. The van der Waals surface area contributed by atoms with Crippen LogP contribution >= 0.6 is 11.8 Å². The second kappa shape index (κ2) is 3.58. The Morgan fingerprint density at radius 3 is 2.50 bits per heavy atom. The summed E-state index contributed by atoms with van der Waals surface area (Å²) < 4.78 is 0. The van der Waals surface area contributed by atoms with Gasteiger partial charge >= 0.3 is 0 Å². The maximum absolute atomic E-state index is 8.33. The van der Waals surface area contributed by atoms with E-state index < -0.39 is 0 Å². The molecule has 2 rings (SSSR count). The Balaban J connectivity index is 2.00. The van der Waals surface area contributed by atoms with Crippen LogP contribution in [0.5, 0.6) is 0 Å². The summed E-state index contributed by atoms with van der Waals surface area (Å²) in [6.07, 6.45) is 6.28. The Kier molecular flexibility index (Phi) is 2.47. The van der Waals surface area contributed by atoms with E-state index in [0.717, 1.165) is 23.3 Å². The van der Waals surface area contributed by atoms with Crippen LogP contribution in [-0.2, 0) is 0 Å². The predicted molar refractivity (Wildman–Crippen MR) is 51.2 cm³/mol. The fourth-order valence-corrected chi connectivity index (χ4v) is 4.02. The first-order valence-electron chi connectivity index (χ1n) is 4.58. The number of rotatable bonds is 1. The third-order valence-electron chi connectivity index (χ3n) is 2.72. The van der Waals surface area contributed by atoms with Gasteiger partial charge in [-0.15, -0.1) is 0 Å². The van der Waals surface area contributed by atoms with E-state index in [1.807, 2.05) is 0 Å². The van der Waals surface area contributed by atoms with Gasteiger partial charge in [-0.3, -0.25) is 0 Å². The van der Waals surface area contributed by atoms with Crippen LogP contribution in [0.2, 0.25) is 0 Å². The third-order valence-corrected chi connectivity index (χ3v) is 4.35. The lowest BCUT2D eigenvalue weighted by Crippen LogP contribution is -2.30. The molecule has 0 aliphatic carbocycles. The molecule has 4 heteroatoms. The van der Waals surface area contributed by atoms with Gasteiger partial charge in [0.2, 0.25) is 0 Å². The Bertz CT molecular complexity index is 200. The molecule has 2 heterocycles. The van der Waals surface area contributed by atoms with Crippen LogP contribution in [0.3, 0.4) is 0 Å². The van der Waals surface area contributed by atoms with Crippen molar-refractivity contribution < 1.29 is 0 Å². The van der Waals surface area contributed by atoms with Gasteiger partial charge in [0.05, 0.1) is 0 Å². The van der Waals surface area contributed by atoms with Gasteiger partial charge in [0.25, 0.3) is 0 Å². The minimum Gasteiger partial charge on any atom is -0.155 e. The van der Waals surface area contributed by atoms with Gasteiger partial charge in [-0.25, -0.2) is 0 Å². The lowest BCUT2D eigenvalue weighted by molar-refractivity contribution is 0.441. The average Bonchev–Trinajstić information content (AvgIpc) is 2.04. The lowest BCUT2D eigenvalue weighted by atomic mass is 9.95. The van der Waals surface area contributed by atoms with E-state index in [1.165, 1.54) is 19.3 Å². The van der Waals surface area contributed by atoms with Gasteiger partial charge in [-0.2, -0.15) is 11.8 Å². The molecule has 2 saturated heterocycles. The van der Waals surface area contributed by atoms with Crippen molar-refractivity contribution in [1.29, 1.82) is 0 Å². The zero-order chi connectivity index (χ0) is 8.39. The van der Waals surface area contributed by atoms with Crippen molar-refractivity contribution in [3.63, 3.8) is 0 Å². The summed E-state index contributed by atoms with van der Waals surface area (Å²) in [6, 6.07) is 0.298. The van der Waals surface area contributed by atoms with Crippen molar-refractivity contribution in [2.45, 2.75) is 48.6 Å². The number of hydrogen-bond donors (Lipinski definition) is 0. The fourth-order valence-electron chi connectivity index (χ4n) is 2.20. The monoisotopic (exact) mass is 183 g/mol. The minimum atomic E-state index is 0.298. The largest absolute Gasteiger partial charge is 0.155 e. The lowest BCUT2D eigenvalue weighted by Gasteiger charge is -2.36. The van der Waals surface area contributed by atoms with Crippen LogP contribution in [0.15, 0.2) is 5.11 Å². The number of azide groups is 1. The van der Waals surface area contributed by atoms with Crippen molar-refractivity contribution in [2.75, 3.05) is 0 Å². The van der Waals surface area contributed by atoms with Crippen LogP contribution in [0.4, 0.5) is 0 Å². The van der Waals surface area contributed by atoms with Crippen molar-refractivity contribution >= 4 is 11.8 Å². The molecule has 2 fully saturated rings. The van der Waals surface area contributed by atoms with Crippen LogP contribution in [-0.4, -0.2) is 16.5 Å². The van der Waals surface area contributed by atoms with E-state index in [-0.39, 0.29) is 0 Å². The van der Waals surface area contributed by atoms with Crippen LogP contribution < -0.4 is 0 Å². The molecule has 3 nitrogen and oxygen atoms in total. The summed E-state index contributed by atoms with van der Waals surface area (Å²) >= 11 is 2.12. The molecule has 12 heavy (non-hydrogen) atoms. The average molecular weight is 183 g/mol. The minimum absolute atomic E-state index is 0.298. The number of thioether (sulfide) groups is 1. The van der Waals surface area contributed by atoms with Gasteiger partial charge in [0.15, 0.2) is 0 Å². The second-order valence-electron chi connectivity index (χ2n) is 3.64. The SMILES string of the molecule is [N-]=[N+]=NC1CC2CCCC(C1)S2. The van der Waals surface area contributed by atoms with Gasteiger partial charge in [0, 0.05) is 21.5 Å². The normalized spacial score (nSPS) is 40.2. The predicted octanol–water partition coefficient (Wildman–Crippen LogP) is 3.11. The smallest absolute Gasteiger partial charge is 0.0395 e. The van der Waals surface area contributed by atoms with E-state index >= 15 is 0 Å². The summed E-state index contributed by atoms with van der Waals surface area (Å²) in [5.74, 6) is 0. The van der Waals surface area contributed by atoms with Crippen molar-refractivity contribution in [2.24, 2.45) is 5.11 Å². The number of hydrogen-bond acceptors (Lipinski definition) is 2. The summed E-state index contributed by atoms with van der Waals surface area (Å²) in [5, 5.41) is 5.40. The van der Waals surface area contributed by atoms with Crippen LogP contribution in [0.25, 0.3) is 10.4 Å². The van der Waals surface area contributed by atoms with Crippen molar-refractivity contribution in [3.05, 3.63) is 10.4 Å². The first-order chi connectivity index (χ1) is 5.88. The molecule has 0 aromatic heterocycles. The van der Waals surface area contributed by atoms with Gasteiger partial charge in [-0.05, 0) is 31.2 Å². The molecule has 66 valence electrons. The molecule has 0 N–H and O–H groups in total. The molecular formula is C8H13N3S.